The highest BCUT2D eigenvalue weighted by atomic mass is 35.5. The van der Waals surface area contributed by atoms with Gasteiger partial charge in [0.25, 0.3) is 0 Å². The number of hydrogen-bond acceptors (Lipinski definition) is 7. The van der Waals surface area contributed by atoms with Gasteiger partial charge in [0, 0.05) is 11.1 Å². The summed E-state index contributed by atoms with van der Waals surface area (Å²) in [7, 11) is 0. The highest BCUT2D eigenvalue weighted by Gasteiger charge is 2.46. The molecule has 2 atom stereocenters. The smallest absolute Gasteiger partial charge is 0.400 e. The topological polar surface area (TPSA) is 102 Å². The fraction of sp³-hybridized carbons (Fsp3) is 0.360. The van der Waals surface area contributed by atoms with Crippen molar-refractivity contribution in [3.05, 3.63) is 47.5 Å². The Bertz CT molecular complexity index is 1260. The van der Waals surface area contributed by atoms with Crippen LogP contribution in [0.4, 0.5) is 0 Å². The van der Waals surface area contributed by atoms with Crippen molar-refractivity contribution in [3.8, 4) is 23.6 Å². The zero-order valence-corrected chi connectivity index (χ0v) is 20.6. The molecule has 1 fully saturated rings. The molecule has 35 heavy (non-hydrogen) atoms. The zero-order valence-electron chi connectivity index (χ0n) is 19.1. The number of hydrogen-bond donors (Lipinski definition) is 0. The summed E-state index contributed by atoms with van der Waals surface area (Å²) in [5.41, 5.74) is 1.12. The van der Waals surface area contributed by atoms with Gasteiger partial charge in [0.05, 0.1) is 19.2 Å². The molecule has 1 aromatic heterocycles. The monoisotopic (exact) mass is 516 g/mol. The van der Waals surface area contributed by atoms with Gasteiger partial charge in [0.15, 0.2) is 17.7 Å². The molecule has 2 heterocycles. The number of ether oxygens (including phenoxy) is 2. The van der Waals surface area contributed by atoms with Crippen LogP contribution in [-0.2, 0) is 9.59 Å². The SMILES string of the molecule is CC(Oc1ccc(Oc2nc3ccc(Cl)cc3o2)cc1)C(=O)C(C#N)C(=O)[N+]1(CCl)CCCCC1. The Hall–Kier alpha value is -3.12. The molecule has 8 nitrogen and oxygen atoms in total. The van der Waals surface area contributed by atoms with Crippen LogP contribution < -0.4 is 9.47 Å². The number of oxazole rings is 1. The van der Waals surface area contributed by atoms with Gasteiger partial charge in [0.1, 0.15) is 17.0 Å². The first-order valence-corrected chi connectivity index (χ1v) is 12.2. The highest BCUT2D eigenvalue weighted by molar-refractivity contribution is 6.31. The maximum Gasteiger partial charge on any atom is 0.400 e. The molecular formula is C25H24Cl2N3O5+. The van der Waals surface area contributed by atoms with E-state index < -0.39 is 23.7 Å². The van der Waals surface area contributed by atoms with Crippen molar-refractivity contribution < 1.29 is 28.0 Å². The lowest BCUT2D eigenvalue weighted by Crippen LogP contribution is -2.58. The molecule has 3 aromatic rings. The summed E-state index contributed by atoms with van der Waals surface area (Å²) in [5, 5.41) is 10.2. The van der Waals surface area contributed by atoms with E-state index in [-0.39, 0.29) is 16.6 Å². The van der Waals surface area contributed by atoms with Gasteiger partial charge < -0.3 is 13.9 Å². The Labute approximate surface area is 212 Å². The van der Waals surface area contributed by atoms with E-state index in [9.17, 15) is 14.9 Å². The van der Waals surface area contributed by atoms with E-state index in [1.165, 1.54) is 6.92 Å². The average molecular weight is 517 g/mol. The number of quaternary nitrogens is 1. The minimum atomic E-state index is -1.43. The van der Waals surface area contributed by atoms with Crippen LogP contribution in [0, 0.1) is 17.2 Å². The zero-order chi connectivity index (χ0) is 25.0. The number of aromatic nitrogens is 1. The van der Waals surface area contributed by atoms with Crippen LogP contribution in [0.3, 0.4) is 0 Å². The van der Waals surface area contributed by atoms with E-state index in [4.69, 9.17) is 37.1 Å². The molecule has 1 saturated heterocycles. The van der Waals surface area contributed by atoms with E-state index in [0.717, 1.165) is 19.3 Å². The Balaban J connectivity index is 1.40. The van der Waals surface area contributed by atoms with Crippen molar-refractivity contribution >= 4 is 46.0 Å². The summed E-state index contributed by atoms with van der Waals surface area (Å²) in [6, 6.07) is 13.5. The number of nitrogens with zero attached hydrogens (tertiary/aromatic N) is 3. The molecule has 0 saturated carbocycles. The van der Waals surface area contributed by atoms with Crippen LogP contribution in [-0.4, -0.2) is 46.4 Å². The van der Waals surface area contributed by atoms with Gasteiger partial charge in [-0.15, -0.1) is 0 Å². The maximum atomic E-state index is 13.1. The van der Waals surface area contributed by atoms with Crippen LogP contribution in [0.15, 0.2) is 46.9 Å². The Kier molecular flexibility index (Phi) is 7.60. The summed E-state index contributed by atoms with van der Waals surface area (Å²) in [6.45, 7) is 2.60. The number of halogens is 2. The van der Waals surface area contributed by atoms with Gasteiger partial charge in [-0.05, 0) is 62.6 Å². The van der Waals surface area contributed by atoms with Gasteiger partial charge in [-0.3, -0.25) is 4.79 Å². The van der Waals surface area contributed by atoms with Gasteiger partial charge in [-0.1, -0.05) is 23.2 Å². The lowest BCUT2D eigenvalue weighted by Gasteiger charge is -2.37. The van der Waals surface area contributed by atoms with Crippen molar-refractivity contribution in [1.82, 2.24) is 4.98 Å². The number of rotatable bonds is 8. The van der Waals surface area contributed by atoms with Gasteiger partial charge in [-0.25, -0.2) is 9.28 Å². The molecule has 2 aromatic carbocycles. The van der Waals surface area contributed by atoms with Crippen LogP contribution in [0.25, 0.3) is 11.1 Å². The molecule has 1 aliphatic rings. The second-order valence-electron chi connectivity index (χ2n) is 8.50. The number of ketones is 1. The van der Waals surface area contributed by atoms with Crippen LogP contribution >= 0.6 is 23.2 Å². The molecule has 0 bridgehead atoms. The molecule has 182 valence electrons. The van der Waals surface area contributed by atoms with E-state index in [2.05, 4.69) is 4.98 Å². The lowest BCUT2D eigenvalue weighted by atomic mass is 9.97. The van der Waals surface area contributed by atoms with Gasteiger partial charge in [0.2, 0.25) is 11.7 Å². The fourth-order valence-corrected chi connectivity index (χ4v) is 4.65. The Morgan fingerprint density at radius 3 is 2.49 bits per heavy atom. The van der Waals surface area contributed by atoms with E-state index in [1.807, 2.05) is 6.07 Å². The third-order valence-electron chi connectivity index (χ3n) is 6.10. The first-order valence-electron chi connectivity index (χ1n) is 11.3. The molecule has 0 radical (unpaired) electrons. The Morgan fingerprint density at radius 2 is 1.83 bits per heavy atom. The molecule has 1 amide bonds. The number of alkyl halides is 1. The number of fused-ring (bicyclic) bond motifs is 1. The largest absolute Gasteiger partial charge is 0.483 e. The minimum Gasteiger partial charge on any atom is -0.483 e. The van der Waals surface area contributed by atoms with Crippen molar-refractivity contribution in [2.45, 2.75) is 32.3 Å². The summed E-state index contributed by atoms with van der Waals surface area (Å²) in [5.74, 6) is -1.65. The van der Waals surface area contributed by atoms with Crippen molar-refractivity contribution in [3.63, 3.8) is 0 Å². The van der Waals surface area contributed by atoms with Crippen molar-refractivity contribution in [2.24, 2.45) is 5.92 Å². The summed E-state index contributed by atoms with van der Waals surface area (Å²) < 4.78 is 16.9. The number of benzene rings is 2. The van der Waals surface area contributed by atoms with Crippen molar-refractivity contribution in [2.75, 3.05) is 19.1 Å². The van der Waals surface area contributed by atoms with E-state index in [0.29, 0.717) is 40.7 Å². The molecule has 2 unspecified atom stereocenters. The predicted molar refractivity (Wildman–Crippen MR) is 129 cm³/mol. The summed E-state index contributed by atoms with van der Waals surface area (Å²) >= 11 is 12.1. The number of carbonyl (C=O) groups excluding carboxylic acids is 2. The summed E-state index contributed by atoms with van der Waals surface area (Å²) in [6.07, 6.45) is 1.74. The maximum absolute atomic E-state index is 13.1. The molecule has 10 heteroatoms. The highest BCUT2D eigenvalue weighted by Crippen LogP contribution is 2.29. The van der Waals surface area contributed by atoms with Gasteiger partial charge >= 0.3 is 12.0 Å². The molecule has 0 spiro atoms. The number of carbonyl (C=O) groups is 2. The van der Waals surface area contributed by atoms with Crippen LogP contribution in [0.2, 0.25) is 5.02 Å². The number of amides is 1. The third kappa shape index (κ3) is 5.43. The van der Waals surface area contributed by atoms with E-state index >= 15 is 0 Å². The third-order valence-corrected chi connectivity index (χ3v) is 6.80. The average Bonchev–Trinajstić information content (AvgIpc) is 3.27. The summed E-state index contributed by atoms with van der Waals surface area (Å²) in [4.78, 5) is 30.3. The normalized spacial score (nSPS) is 16.7. The van der Waals surface area contributed by atoms with Crippen molar-refractivity contribution in [1.29, 1.82) is 5.26 Å². The quantitative estimate of drug-likeness (QED) is 0.169. The van der Waals surface area contributed by atoms with E-state index in [1.54, 1.807) is 42.5 Å². The lowest BCUT2D eigenvalue weighted by molar-refractivity contribution is -0.849. The molecule has 0 N–H and O–H groups in total. The standard InChI is InChI=1S/C25H24Cl2N3O5/c1-16(23(31)20(14-28)24(32)30(15-26)11-3-2-4-12-30)33-18-6-8-19(9-7-18)34-25-29-21-10-5-17(27)13-22(21)35-25/h5-10,13,16,20H,2-4,11-12,15H2,1H3/q+1. The molecule has 4 rings (SSSR count). The minimum absolute atomic E-state index is 0.0493. The molecular weight excluding hydrogens is 493 g/mol. The number of nitriles is 1. The van der Waals surface area contributed by atoms with Gasteiger partial charge in [-0.2, -0.15) is 10.2 Å². The predicted octanol–water partition coefficient (Wildman–Crippen LogP) is 5.47. The molecule has 0 aliphatic carbocycles. The first kappa shape index (κ1) is 25.0. The first-order chi connectivity index (χ1) is 16.8. The fourth-order valence-electron chi connectivity index (χ4n) is 4.14. The number of Topliss-reactive ketones (excluding diaryl/α,β-unsaturated/α-hetero) is 1. The van der Waals surface area contributed by atoms with Crippen LogP contribution in [0.5, 0.6) is 17.6 Å². The second-order valence-corrected chi connectivity index (χ2v) is 9.18. The Morgan fingerprint density at radius 1 is 1.14 bits per heavy atom. The second kappa shape index (κ2) is 10.6. The molecule has 1 aliphatic heterocycles. The number of likely N-dealkylation sites (tertiary alicyclic amines) is 1. The number of piperidine rings is 1. The van der Waals surface area contributed by atoms with Crippen LogP contribution in [0.1, 0.15) is 26.2 Å².